The third kappa shape index (κ3) is 4.39. The highest BCUT2D eigenvalue weighted by molar-refractivity contribution is 6.46. The van der Waals surface area contributed by atoms with Gasteiger partial charge in [-0.25, -0.2) is 0 Å². The summed E-state index contributed by atoms with van der Waals surface area (Å²) in [7, 11) is 1.61. The van der Waals surface area contributed by atoms with E-state index in [4.69, 9.17) is 4.74 Å². The maximum Gasteiger partial charge on any atom is 0.295 e. The molecule has 1 aliphatic rings. The first kappa shape index (κ1) is 24.7. The van der Waals surface area contributed by atoms with Crippen LogP contribution in [0, 0.1) is 13.8 Å². The number of aromatic amines is 1. The number of likely N-dealkylation sites (tertiary alicyclic amines) is 1. The number of aryl methyl sites for hydroxylation is 2. The second-order valence-corrected chi connectivity index (χ2v) is 10.3. The zero-order valence-corrected chi connectivity index (χ0v) is 21.4. The molecule has 2 heterocycles. The van der Waals surface area contributed by atoms with Gasteiger partial charge in [-0.15, -0.1) is 0 Å². The lowest BCUT2D eigenvalue weighted by molar-refractivity contribution is -0.140. The average molecular weight is 475 g/mol. The molecule has 6 heteroatoms. The quantitative estimate of drug-likeness (QED) is 0.213. The van der Waals surface area contributed by atoms with Crippen LogP contribution in [0.4, 0.5) is 0 Å². The van der Waals surface area contributed by atoms with Crippen molar-refractivity contribution in [2.45, 2.75) is 52.5 Å². The Labute approximate surface area is 206 Å². The maximum atomic E-state index is 13.5. The van der Waals surface area contributed by atoms with Crippen LogP contribution < -0.4 is 0 Å². The number of amides is 1. The zero-order chi connectivity index (χ0) is 25.5. The van der Waals surface area contributed by atoms with E-state index in [-0.39, 0.29) is 16.7 Å². The summed E-state index contributed by atoms with van der Waals surface area (Å²) in [5.41, 5.74) is 5.08. The van der Waals surface area contributed by atoms with Gasteiger partial charge in [0.15, 0.2) is 0 Å². The number of nitrogens with zero attached hydrogens (tertiary/aromatic N) is 1. The summed E-state index contributed by atoms with van der Waals surface area (Å²) in [6, 6.07) is 13.1. The number of benzene rings is 2. The second kappa shape index (κ2) is 9.34. The Morgan fingerprint density at radius 2 is 1.83 bits per heavy atom. The minimum atomic E-state index is -0.694. The van der Waals surface area contributed by atoms with Crippen LogP contribution in [0.25, 0.3) is 16.7 Å². The molecule has 35 heavy (non-hydrogen) atoms. The fraction of sp³-hybridized carbons (Fsp3) is 0.379. The van der Waals surface area contributed by atoms with E-state index in [0.717, 1.165) is 33.3 Å². The molecule has 4 rings (SSSR count). The van der Waals surface area contributed by atoms with Crippen LogP contribution in [0.15, 0.2) is 48.0 Å². The lowest BCUT2D eigenvalue weighted by Crippen LogP contribution is -2.31. The minimum absolute atomic E-state index is 0.129. The number of para-hydroxylation sites is 1. The van der Waals surface area contributed by atoms with Crippen LogP contribution in [-0.2, 0) is 19.7 Å². The van der Waals surface area contributed by atoms with Crippen molar-refractivity contribution in [2.75, 3.05) is 20.3 Å². The number of Topliss-reactive ketones (excluding diaryl/α,β-unsaturated/α-hetero) is 1. The maximum absolute atomic E-state index is 13.5. The lowest BCUT2D eigenvalue weighted by atomic mass is 9.84. The zero-order valence-electron chi connectivity index (χ0n) is 21.4. The van der Waals surface area contributed by atoms with E-state index < -0.39 is 17.7 Å². The second-order valence-electron chi connectivity index (χ2n) is 10.3. The van der Waals surface area contributed by atoms with Crippen LogP contribution in [0.2, 0.25) is 0 Å². The third-order valence-electron chi connectivity index (χ3n) is 6.86. The van der Waals surface area contributed by atoms with Crippen molar-refractivity contribution in [3.63, 3.8) is 0 Å². The summed E-state index contributed by atoms with van der Waals surface area (Å²) in [5.74, 6) is -1.38. The predicted molar refractivity (Wildman–Crippen MR) is 138 cm³/mol. The van der Waals surface area contributed by atoms with Gasteiger partial charge in [0.1, 0.15) is 5.76 Å². The van der Waals surface area contributed by atoms with Crippen molar-refractivity contribution in [1.82, 2.24) is 9.88 Å². The molecule has 2 aromatic carbocycles. The van der Waals surface area contributed by atoms with E-state index >= 15 is 0 Å². The lowest BCUT2D eigenvalue weighted by Gasteiger charge is -2.26. The number of methoxy groups -OCH3 is 1. The number of rotatable bonds is 6. The Morgan fingerprint density at radius 1 is 1.11 bits per heavy atom. The molecule has 0 spiro atoms. The van der Waals surface area contributed by atoms with Crippen molar-refractivity contribution in [3.05, 3.63) is 76.0 Å². The predicted octanol–water partition coefficient (Wildman–Crippen LogP) is 5.54. The monoisotopic (exact) mass is 474 g/mol. The van der Waals surface area contributed by atoms with Gasteiger partial charge in [0.2, 0.25) is 0 Å². The SMILES string of the molecule is COCCCN1C(=O)C(=O)/C(=C(/O)c2cc(C(C)(C)C)ccc2C)C1c1c(C)[nH]c2ccccc12. The average Bonchev–Trinajstić information content (AvgIpc) is 3.26. The molecule has 1 aliphatic heterocycles. The van der Waals surface area contributed by atoms with Crippen molar-refractivity contribution >= 4 is 28.4 Å². The molecule has 1 atom stereocenters. The van der Waals surface area contributed by atoms with Gasteiger partial charge in [-0.05, 0) is 48.9 Å². The minimum Gasteiger partial charge on any atom is -0.507 e. The number of H-pyrrole nitrogens is 1. The summed E-state index contributed by atoms with van der Waals surface area (Å²) in [4.78, 5) is 31.7. The van der Waals surface area contributed by atoms with Gasteiger partial charge in [-0.3, -0.25) is 9.59 Å². The Kier molecular flexibility index (Phi) is 6.60. The van der Waals surface area contributed by atoms with Gasteiger partial charge in [-0.2, -0.15) is 0 Å². The highest BCUT2D eigenvalue weighted by atomic mass is 16.5. The highest BCUT2D eigenvalue weighted by Gasteiger charge is 2.47. The van der Waals surface area contributed by atoms with Gasteiger partial charge in [0.05, 0.1) is 11.6 Å². The summed E-state index contributed by atoms with van der Waals surface area (Å²) in [6.45, 7) is 11.0. The van der Waals surface area contributed by atoms with E-state index in [1.54, 1.807) is 12.0 Å². The first-order valence-electron chi connectivity index (χ1n) is 12.0. The smallest absolute Gasteiger partial charge is 0.295 e. The number of aliphatic hydroxyl groups is 1. The number of ketones is 1. The van der Waals surface area contributed by atoms with Crippen molar-refractivity contribution in [3.8, 4) is 0 Å². The van der Waals surface area contributed by atoms with E-state index in [1.165, 1.54) is 0 Å². The number of hydrogen-bond acceptors (Lipinski definition) is 4. The third-order valence-corrected chi connectivity index (χ3v) is 6.86. The largest absolute Gasteiger partial charge is 0.507 e. The Balaban J connectivity index is 1.97. The first-order valence-corrected chi connectivity index (χ1v) is 12.0. The molecule has 1 fully saturated rings. The van der Waals surface area contributed by atoms with Crippen LogP contribution in [0.1, 0.15) is 61.2 Å². The van der Waals surface area contributed by atoms with Crippen LogP contribution >= 0.6 is 0 Å². The first-order chi connectivity index (χ1) is 16.6. The number of carbonyl (C=O) groups excluding carboxylic acids is 2. The summed E-state index contributed by atoms with van der Waals surface area (Å²) in [5, 5.41) is 12.6. The van der Waals surface area contributed by atoms with E-state index in [2.05, 4.69) is 25.8 Å². The van der Waals surface area contributed by atoms with Crippen LogP contribution in [0.3, 0.4) is 0 Å². The Hall–Kier alpha value is -3.38. The molecular weight excluding hydrogens is 440 g/mol. The molecule has 0 aliphatic carbocycles. The number of aromatic nitrogens is 1. The van der Waals surface area contributed by atoms with Gasteiger partial charge in [0.25, 0.3) is 11.7 Å². The molecule has 0 saturated carbocycles. The van der Waals surface area contributed by atoms with Crippen LogP contribution in [0.5, 0.6) is 0 Å². The summed E-state index contributed by atoms with van der Waals surface area (Å²) >= 11 is 0. The number of nitrogens with one attached hydrogen (secondary N) is 1. The fourth-order valence-electron chi connectivity index (χ4n) is 4.93. The van der Waals surface area contributed by atoms with Crippen molar-refractivity contribution in [1.29, 1.82) is 0 Å². The van der Waals surface area contributed by atoms with Gasteiger partial charge >= 0.3 is 0 Å². The molecule has 2 N–H and O–H groups in total. The number of aliphatic hydroxyl groups excluding tert-OH is 1. The summed E-state index contributed by atoms with van der Waals surface area (Å²) < 4.78 is 5.20. The van der Waals surface area contributed by atoms with E-state index in [1.807, 2.05) is 56.3 Å². The Morgan fingerprint density at radius 3 is 2.51 bits per heavy atom. The molecular formula is C29H34N2O4. The topological polar surface area (TPSA) is 82.6 Å². The number of carbonyl (C=O) groups is 2. The molecule has 184 valence electrons. The molecule has 3 aromatic rings. The molecule has 1 amide bonds. The molecule has 1 aromatic heterocycles. The van der Waals surface area contributed by atoms with Crippen LogP contribution in [-0.4, -0.2) is 46.9 Å². The van der Waals surface area contributed by atoms with Crippen molar-refractivity contribution in [2.24, 2.45) is 0 Å². The van der Waals surface area contributed by atoms with Gasteiger partial charge < -0.3 is 19.7 Å². The number of fused-ring (bicyclic) bond motifs is 1. The normalized spacial score (nSPS) is 18.1. The standard InChI is InChI=1S/C29H34N2O4/c1-17-12-13-19(29(3,4)5)16-21(17)26(32)24-25(31(14-9-15-35-6)28(34)27(24)33)23-18(2)30-22-11-8-7-10-20(22)23/h7-8,10-13,16,25,30,32H,9,14-15H2,1-6H3/b26-24+. The molecule has 6 nitrogen and oxygen atoms in total. The van der Waals surface area contributed by atoms with Gasteiger partial charge in [-0.1, -0.05) is 51.1 Å². The van der Waals surface area contributed by atoms with Crippen molar-refractivity contribution < 1.29 is 19.4 Å². The summed E-state index contributed by atoms with van der Waals surface area (Å²) in [6.07, 6.45) is 0.583. The molecule has 1 unspecified atom stereocenters. The number of ether oxygens (including phenoxy) is 1. The highest BCUT2D eigenvalue weighted by Crippen LogP contribution is 2.44. The molecule has 0 radical (unpaired) electrons. The van der Waals surface area contributed by atoms with E-state index in [9.17, 15) is 14.7 Å². The fourth-order valence-corrected chi connectivity index (χ4v) is 4.93. The van der Waals surface area contributed by atoms with E-state index in [0.29, 0.717) is 25.1 Å². The Bertz CT molecular complexity index is 1330. The number of hydrogen-bond donors (Lipinski definition) is 2. The van der Waals surface area contributed by atoms with Gasteiger partial charge in [0, 0.05) is 48.0 Å². The molecule has 0 bridgehead atoms. The molecule has 1 saturated heterocycles.